The largest absolute Gasteiger partial charge is 0.304 e. The molecular weight excluding hydrogens is 242 g/mol. The van der Waals surface area contributed by atoms with Gasteiger partial charge < -0.3 is 4.90 Å². The Labute approximate surface area is 109 Å². The van der Waals surface area contributed by atoms with Crippen LogP contribution in [0.25, 0.3) is 12.3 Å². The van der Waals surface area contributed by atoms with Crippen molar-refractivity contribution in [3.8, 4) is 12.0 Å². The first-order valence-corrected chi connectivity index (χ1v) is 6.43. The summed E-state index contributed by atoms with van der Waals surface area (Å²) in [4.78, 5) is 6.32. The lowest BCUT2D eigenvalue weighted by molar-refractivity contribution is 0.659. The highest BCUT2D eigenvalue weighted by Gasteiger charge is 2.00. The molecule has 0 atom stereocenters. The molecule has 3 heterocycles. The van der Waals surface area contributed by atoms with Gasteiger partial charge in [-0.2, -0.15) is 4.37 Å². The van der Waals surface area contributed by atoms with Crippen LogP contribution in [0, 0.1) is 18.9 Å². The standard InChI is InChI=1S/C14H11N3S/c1-11-3-2-4-13(16-11)5-7-17-8-6-14-12(10-17)9-15-18-14/h2-4,6,9-10H,8H2,1H3. The van der Waals surface area contributed by atoms with Crippen LogP contribution in [0.4, 0.5) is 0 Å². The van der Waals surface area contributed by atoms with E-state index >= 15 is 0 Å². The Bertz CT molecular complexity index is 749. The van der Waals surface area contributed by atoms with E-state index in [1.54, 1.807) is 0 Å². The summed E-state index contributed by atoms with van der Waals surface area (Å²) >= 11 is 1.52. The SMILES string of the molecule is Cc1cccc(C#CN2C=c3cnsc3=CC2)n1. The second-order valence-corrected chi connectivity index (χ2v) is 4.87. The van der Waals surface area contributed by atoms with Crippen LogP contribution in [0.2, 0.25) is 0 Å². The second-order valence-electron chi connectivity index (χ2n) is 4.03. The smallest absolute Gasteiger partial charge is 0.115 e. The van der Waals surface area contributed by atoms with E-state index in [2.05, 4.69) is 27.4 Å². The molecule has 0 fully saturated rings. The zero-order valence-electron chi connectivity index (χ0n) is 9.92. The van der Waals surface area contributed by atoms with Gasteiger partial charge in [0.25, 0.3) is 0 Å². The van der Waals surface area contributed by atoms with Crippen LogP contribution in [0.1, 0.15) is 11.4 Å². The molecular formula is C14H11N3S. The molecule has 0 bridgehead atoms. The number of rotatable bonds is 0. The van der Waals surface area contributed by atoms with E-state index in [9.17, 15) is 0 Å². The average molecular weight is 253 g/mol. The predicted molar refractivity (Wildman–Crippen MR) is 72.9 cm³/mol. The Morgan fingerprint density at radius 2 is 2.33 bits per heavy atom. The van der Waals surface area contributed by atoms with Gasteiger partial charge in [0.05, 0.1) is 17.3 Å². The molecule has 0 saturated heterocycles. The summed E-state index contributed by atoms with van der Waals surface area (Å²) < 4.78 is 5.38. The number of pyridine rings is 1. The first-order chi connectivity index (χ1) is 8.81. The quantitative estimate of drug-likeness (QED) is 0.647. The van der Waals surface area contributed by atoms with Crippen LogP contribution in [0.15, 0.2) is 24.4 Å². The van der Waals surface area contributed by atoms with Crippen LogP contribution >= 0.6 is 11.5 Å². The van der Waals surface area contributed by atoms with Gasteiger partial charge in [-0.1, -0.05) is 6.07 Å². The highest BCUT2D eigenvalue weighted by atomic mass is 32.1. The van der Waals surface area contributed by atoms with E-state index in [1.807, 2.05) is 42.4 Å². The molecule has 18 heavy (non-hydrogen) atoms. The number of aryl methyl sites for hydroxylation is 1. The van der Waals surface area contributed by atoms with Gasteiger partial charge in [0.2, 0.25) is 0 Å². The van der Waals surface area contributed by atoms with Crippen LogP contribution in [-0.4, -0.2) is 20.8 Å². The van der Waals surface area contributed by atoms with Crippen LogP contribution in [0.5, 0.6) is 0 Å². The number of aromatic nitrogens is 2. The molecule has 3 rings (SSSR count). The molecule has 0 unspecified atom stereocenters. The summed E-state index contributed by atoms with van der Waals surface area (Å²) in [5.41, 5.74) is 1.79. The Morgan fingerprint density at radius 3 is 3.22 bits per heavy atom. The fraction of sp³-hybridized carbons (Fsp3) is 0.143. The highest BCUT2D eigenvalue weighted by molar-refractivity contribution is 7.03. The third-order valence-electron chi connectivity index (χ3n) is 2.61. The van der Waals surface area contributed by atoms with Crippen molar-refractivity contribution in [3.05, 3.63) is 45.5 Å². The lowest BCUT2D eigenvalue weighted by Gasteiger charge is -2.10. The minimum absolute atomic E-state index is 0.800. The maximum absolute atomic E-state index is 4.36. The molecule has 2 aromatic rings. The number of hydrogen-bond donors (Lipinski definition) is 0. The predicted octanol–water partition coefficient (Wildman–Crippen LogP) is 0.690. The third kappa shape index (κ3) is 2.27. The molecule has 1 aliphatic heterocycles. The Balaban J connectivity index is 1.88. The minimum atomic E-state index is 0.800. The molecule has 0 N–H and O–H groups in total. The second kappa shape index (κ2) is 4.63. The van der Waals surface area contributed by atoms with Gasteiger partial charge in [-0.15, -0.1) is 0 Å². The molecule has 0 saturated carbocycles. The summed E-state index contributed by atoms with van der Waals surface area (Å²) in [6.45, 7) is 2.77. The first-order valence-electron chi connectivity index (χ1n) is 5.66. The Hall–Kier alpha value is -2.12. The van der Waals surface area contributed by atoms with Crippen molar-refractivity contribution in [2.75, 3.05) is 6.54 Å². The molecule has 0 aromatic carbocycles. The van der Waals surface area contributed by atoms with E-state index in [1.165, 1.54) is 16.1 Å². The van der Waals surface area contributed by atoms with Crippen molar-refractivity contribution in [1.82, 2.24) is 14.3 Å². The fourth-order valence-electron chi connectivity index (χ4n) is 1.73. The topological polar surface area (TPSA) is 29.0 Å². The lowest BCUT2D eigenvalue weighted by Crippen LogP contribution is -2.29. The minimum Gasteiger partial charge on any atom is -0.304 e. The summed E-state index contributed by atoms with van der Waals surface area (Å²) in [6.07, 6.45) is 6.04. The van der Waals surface area contributed by atoms with Crippen molar-refractivity contribution >= 4 is 23.8 Å². The number of hydrogen-bond acceptors (Lipinski definition) is 4. The van der Waals surface area contributed by atoms with Crippen LogP contribution in [-0.2, 0) is 0 Å². The maximum Gasteiger partial charge on any atom is 0.115 e. The van der Waals surface area contributed by atoms with E-state index in [4.69, 9.17) is 0 Å². The average Bonchev–Trinajstić information content (AvgIpc) is 2.84. The molecule has 4 heteroatoms. The van der Waals surface area contributed by atoms with Crippen molar-refractivity contribution in [2.24, 2.45) is 0 Å². The summed E-state index contributed by atoms with van der Waals surface area (Å²) in [5.74, 6) is 3.07. The zero-order chi connectivity index (χ0) is 12.4. The van der Waals surface area contributed by atoms with Crippen LogP contribution in [0.3, 0.4) is 0 Å². The first kappa shape index (κ1) is 11.0. The molecule has 0 spiro atoms. The van der Waals surface area contributed by atoms with Gasteiger partial charge in [-0.25, -0.2) is 4.98 Å². The van der Waals surface area contributed by atoms with Gasteiger partial charge >= 0.3 is 0 Å². The molecule has 3 nitrogen and oxygen atoms in total. The molecule has 88 valence electrons. The van der Waals surface area contributed by atoms with Crippen LogP contribution < -0.4 is 9.75 Å². The summed E-state index contributed by atoms with van der Waals surface area (Å²) in [7, 11) is 0. The summed E-state index contributed by atoms with van der Waals surface area (Å²) in [6, 6.07) is 8.97. The number of nitrogens with zero attached hydrogens (tertiary/aromatic N) is 3. The summed E-state index contributed by atoms with van der Waals surface area (Å²) in [5, 5.41) is 1.14. The van der Waals surface area contributed by atoms with Gasteiger partial charge in [0, 0.05) is 23.2 Å². The third-order valence-corrected chi connectivity index (χ3v) is 3.42. The molecule has 0 radical (unpaired) electrons. The normalized spacial score (nSPS) is 12.8. The highest BCUT2D eigenvalue weighted by Crippen LogP contribution is 1.97. The van der Waals surface area contributed by atoms with Gasteiger partial charge in [-0.05, 0) is 42.6 Å². The maximum atomic E-state index is 4.36. The number of fused-ring (bicyclic) bond motifs is 1. The van der Waals surface area contributed by atoms with Gasteiger partial charge in [0.1, 0.15) is 5.69 Å². The Morgan fingerprint density at radius 1 is 1.39 bits per heavy atom. The Kier molecular flexibility index (Phi) is 2.83. The lowest BCUT2D eigenvalue weighted by atomic mass is 10.3. The van der Waals surface area contributed by atoms with Crippen molar-refractivity contribution in [2.45, 2.75) is 6.92 Å². The molecule has 2 aromatic heterocycles. The van der Waals surface area contributed by atoms with Gasteiger partial charge in [-0.3, -0.25) is 0 Å². The fourth-order valence-corrected chi connectivity index (χ4v) is 2.37. The van der Waals surface area contributed by atoms with Crippen molar-refractivity contribution in [3.63, 3.8) is 0 Å². The molecule has 0 amide bonds. The van der Waals surface area contributed by atoms with Crippen molar-refractivity contribution in [1.29, 1.82) is 0 Å². The van der Waals surface area contributed by atoms with E-state index in [0.29, 0.717) is 0 Å². The molecule has 0 aliphatic carbocycles. The monoisotopic (exact) mass is 253 g/mol. The molecule has 1 aliphatic rings. The van der Waals surface area contributed by atoms with E-state index in [-0.39, 0.29) is 0 Å². The van der Waals surface area contributed by atoms with Crippen molar-refractivity contribution < 1.29 is 0 Å². The zero-order valence-corrected chi connectivity index (χ0v) is 10.7. The van der Waals surface area contributed by atoms with Gasteiger partial charge in [0.15, 0.2) is 0 Å². The van der Waals surface area contributed by atoms with E-state index < -0.39 is 0 Å². The van der Waals surface area contributed by atoms with E-state index in [0.717, 1.165) is 23.2 Å².